The zero-order chi connectivity index (χ0) is 29.3. The minimum atomic E-state index is 0.0495. The standard InChI is InChI=1S/C34H37N5O3/c1-5-28(40)38-18-16-34(17-19-38)21-37(22-34)20-25-12-14-26(15-13-25)30-31(27-10-8-7-9-11-27)39-23-42-33(35-6-2)29(24(3)41-4)32(39)36-30/h5-15H,1,3,16-23H2,2,4H3/b35-6-. The lowest BCUT2D eigenvalue weighted by Gasteiger charge is -2.54. The smallest absolute Gasteiger partial charge is 0.245 e. The number of rotatable bonds is 8. The molecule has 2 fully saturated rings. The summed E-state index contributed by atoms with van der Waals surface area (Å²) in [6.45, 7) is 14.6. The van der Waals surface area contributed by atoms with Gasteiger partial charge in [0, 0.05) is 50.1 Å². The molecule has 0 bridgehead atoms. The first-order chi connectivity index (χ1) is 20.4. The van der Waals surface area contributed by atoms with Crippen molar-refractivity contribution < 1.29 is 14.3 Å². The predicted octanol–water partition coefficient (Wildman–Crippen LogP) is 5.73. The molecular formula is C34H37N5O3. The fraction of sp³-hybridized carbons (Fsp3) is 0.324. The molecule has 0 saturated carbocycles. The molecule has 6 rings (SSSR count). The number of benzene rings is 2. The predicted molar refractivity (Wildman–Crippen MR) is 165 cm³/mol. The van der Waals surface area contributed by atoms with Gasteiger partial charge in [-0.25, -0.2) is 9.98 Å². The summed E-state index contributed by atoms with van der Waals surface area (Å²) in [4.78, 5) is 25.9. The molecule has 8 heteroatoms. The Morgan fingerprint density at radius 3 is 2.45 bits per heavy atom. The molecule has 0 radical (unpaired) electrons. The first-order valence-electron chi connectivity index (χ1n) is 14.4. The number of nitrogens with zero attached hydrogens (tertiary/aromatic N) is 5. The van der Waals surface area contributed by atoms with Crippen molar-refractivity contribution in [2.24, 2.45) is 10.4 Å². The summed E-state index contributed by atoms with van der Waals surface area (Å²) in [5.74, 6) is 1.67. The molecule has 2 saturated heterocycles. The Balaban J connectivity index is 1.24. The summed E-state index contributed by atoms with van der Waals surface area (Å²) < 4.78 is 13.7. The molecule has 0 aliphatic carbocycles. The van der Waals surface area contributed by atoms with Crippen LogP contribution >= 0.6 is 0 Å². The quantitative estimate of drug-likeness (QED) is 0.199. The van der Waals surface area contributed by atoms with E-state index in [1.165, 1.54) is 11.6 Å². The zero-order valence-electron chi connectivity index (χ0n) is 24.4. The number of aromatic nitrogens is 2. The number of amides is 1. The van der Waals surface area contributed by atoms with Gasteiger partial charge in [-0.3, -0.25) is 14.3 Å². The molecule has 3 aliphatic rings. The summed E-state index contributed by atoms with van der Waals surface area (Å²) in [6, 6.07) is 19.0. The Labute approximate surface area is 247 Å². The highest BCUT2D eigenvalue weighted by molar-refractivity contribution is 5.87. The molecule has 0 atom stereocenters. The monoisotopic (exact) mass is 563 g/mol. The first kappa shape index (κ1) is 27.7. The van der Waals surface area contributed by atoms with Crippen LogP contribution < -0.4 is 0 Å². The molecule has 8 nitrogen and oxygen atoms in total. The summed E-state index contributed by atoms with van der Waals surface area (Å²) in [6.07, 6.45) is 5.25. The average Bonchev–Trinajstić information content (AvgIpc) is 3.40. The van der Waals surface area contributed by atoms with E-state index in [1.807, 2.05) is 30.0 Å². The molecule has 216 valence electrons. The van der Waals surface area contributed by atoms with Crippen LogP contribution in [0.4, 0.5) is 0 Å². The third kappa shape index (κ3) is 5.07. The van der Waals surface area contributed by atoms with Crippen molar-refractivity contribution in [2.75, 3.05) is 33.3 Å². The van der Waals surface area contributed by atoms with Crippen LogP contribution in [0.25, 0.3) is 28.1 Å². The van der Waals surface area contributed by atoms with Gasteiger partial charge < -0.3 is 14.4 Å². The van der Waals surface area contributed by atoms with Crippen molar-refractivity contribution in [3.63, 3.8) is 0 Å². The van der Waals surface area contributed by atoms with E-state index in [0.29, 0.717) is 22.6 Å². The number of piperidine rings is 1. The maximum absolute atomic E-state index is 11.9. The van der Waals surface area contributed by atoms with E-state index in [-0.39, 0.29) is 12.6 Å². The molecule has 0 unspecified atom stereocenters. The van der Waals surface area contributed by atoms with Crippen LogP contribution in [0.1, 0.15) is 31.2 Å². The molecule has 4 heterocycles. The number of aliphatic imine (C=N–C) groups is 1. The van der Waals surface area contributed by atoms with Crippen molar-refractivity contribution in [3.05, 3.63) is 96.9 Å². The number of methoxy groups -OCH3 is 1. The molecule has 3 aliphatic heterocycles. The number of hydrogen-bond donors (Lipinski definition) is 0. The Morgan fingerprint density at radius 1 is 1.10 bits per heavy atom. The number of allylic oxidation sites excluding steroid dienone is 1. The van der Waals surface area contributed by atoms with Crippen LogP contribution in [0.2, 0.25) is 0 Å². The number of imidazole rings is 1. The van der Waals surface area contributed by atoms with E-state index < -0.39 is 0 Å². The van der Waals surface area contributed by atoms with Crippen molar-refractivity contribution in [1.82, 2.24) is 19.4 Å². The Bertz CT molecular complexity index is 1550. The van der Waals surface area contributed by atoms with Crippen LogP contribution in [-0.2, 0) is 27.5 Å². The lowest BCUT2D eigenvalue weighted by Crippen LogP contribution is -2.60. The van der Waals surface area contributed by atoms with E-state index in [9.17, 15) is 4.79 Å². The Morgan fingerprint density at radius 2 is 1.81 bits per heavy atom. The number of fused-ring (bicyclic) bond motifs is 1. The number of hydrogen-bond acceptors (Lipinski definition) is 6. The first-order valence-corrected chi connectivity index (χ1v) is 14.4. The van der Waals surface area contributed by atoms with Gasteiger partial charge in [-0.15, -0.1) is 0 Å². The Hall–Kier alpha value is -4.43. The normalized spacial score (nSPS) is 18.0. The van der Waals surface area contributed by atoms with Gasteiger partial charge in [-0.05, 0) is 36.8 Å². The maximum atomic E-state index is 11.9. The van der Waals surface area contributed by atoms with Gasteiger partial charge in [-0.1, -0.05) is 67.8 Å². The summed E-state index contributed by atoms with van der Waals surface area (Å²) in [7, 11) is 1.59. The molecular weight excluding hydrogens is 526 g/mol. The molecule has 42 heavy (non-hydrogen) atoms. The summed E-state index contributed by atoms with van der Waals surface area (Å²) in [5, 5.41) is 0. The van der Waals surface area contributed by atoms with Crippen LogP contribution in [0.15, 0.2) is 90.5 Å². The zero-order valence-corrected chi connectivity index (χ0v) is 24.4. The second kappa shape index (κ2) is 11.4. The lowest BCUT2D eigenvalue weighted by molar-refractivity contribution is -0.131. The van der Waals surface area contributed by atoms with Gasteiger partial charge in [0.1, 0.15) is 11.3 Å². The van der Waals surface area contributed by atoms with E-state index >= 15 is 0 Å². The molecule has 1 aromatic heterocycles. The van der Waals surface area contributed by atoms with Gasteiger partial charge in [0.25, 0.3) is 0 Å². The van der Waals surface area contributed by atoms with Gasteiger partial charge in [0.2, 0.25) is 11.8 Å². The second-order valence-electron chi connectivity index (χ2n) is 11.3. The van der Waals surface area contributed by atoms with Crippen molar-refractivity contribution in [1.29, 1.82) is 0 Å². The van der Waals surface area contributed by atoms with Crippen LogP contribution in [0, 0.1) is 5.41 Å². The molecule has 2 aromatic carbocycles. The van der Waals surface area contributed by atoms with Crippen molar-refractivity contribution in [2.45, 2.75) is 33.0 Å². The third-order valence-electron chi connectivity index (χ3n) is 8.62. The number of ether oxygens (including phenoxy) is 2. The highest BCUT2D eigenvalue weighted by Crippen LogP contribution is 2.42. The Kier molecular flexibility index (Phi) is 7.56. The molecule has 0 N–H and O–H groups in total. The topological polar surface area (TPSA) is 72.2 Å². The highest BCUT2D eigenvalue weighted by atomic mass is 16.5. The largest absolute Gasteiger partial charge is 0.496 e. The van der Waals surface area contributed by atoms with Crippen LogP contribution in [0.3, 0.4) is 0 Å². The van der Waals surface area contributed by atoms with Gasteiger partial charge in [0.05, 0.1) is 18.5 Å². The van der Waals surface area contributed by atoms with E-state index in [1.54, 1.807) is 13.3 Å². The van der Waals surface area contributed by atoms with E-state index in [4.69, 9.17) is 14.5 Å². The number of likely N-dealkylation sites (tertiary alicyclic amines) is 2. The van der Waals surface area contributed by atoms with E-state index in [2.05, 4.69) is 64.0 Å². The SMILES string of the molecule is C=CC(=O)N1CCC2(CC1)CN(Cc1ccc(-c3nc4n(c3-c3ccccc3)COC(/N=C\C)=C4C(=C)OC)cc1)C2. The van der Waals surface area contributed by atoms with Crippen LogP contribution in [-0.4, -0.2) is 64.8 Å². The number of carbonyl (C=O) groups excluding carboxylic acids is 1. The summed E-state index contributed by atoms with van der Waals surface area (Å²) in [5.41, 5.74) is 6.20. The minimum absolute atomic E-state index is 0.0495. The third-order valence-corrected chi connectivity index (χ3v) is 8.62. The lowest BCUT2D eigenvalue weighted by atomic mass is 9.72. The number of carbonyl (C=O) groups is 1. The van der Waals surface area contributed by atoms with Gasteiger partial charge >= 0.3 is 0 Å². The molecule has 1 amide bonds. The van der Waals surface area contributed by atoms with Crippen molar-refractivity contribution >= 4 is 17.7 Å². The fourth-order valence-electron chi connectivity index (χ4n) is 6.41. The molecule has 1 spiro atoms. The van der Waals surface area contributed by atoms with Gasteiger partial charge in [0.15, 0.2) is 12.6 Å². The second-order valence-corrected chi connectivity index (χ2v) is 11.3. The van der Waals surface area contributed by atoms with Gasteiger partial charge in [-0.2, -0.15) is 0 Å². The fourth-order valence-corrected chi connectivity index (χ4v) is 6.41. The molecule has 3 aromatic rings. The van der Waals surface area contributed by atoms with Crippen LogP contribution in [0.5, 0.6) is 0 Å². The van der Waals surface area contributed by atoms with Crippen molar-refractivity contribution in [3.8, 4) is 22.5 Å². The average molecular weight is 564 g/mol. The minimum Gasteiger partial charge on any atom is -0.496 e. The van der Waals surface area contributed by atoms with E-state index in [0.717, 1.165) is 73.9 Å². The maximum Gasteiger partial charge on any atom is 0.245 e. The summed E-state index contributed by atoms with van der Waals surface area (Å²) >= 11 is 0. The highest BCUT2D eigenvalue weighted by Gasteiger charge is 2.45.